The molecule has 1 saturated heterocycles. The molecular formula is C37H31N7O2S. The average Bonchev–Trinajstić information content (AvgIpc) is 3.83. The van der Waals surface area contributed by atoms with Crippen molar-refractivity contribution in [1.29, 1.82) is 0 Å². The standard InChI is InChI=1S/C37H31N7O2S/c1-2-46-37(45)25-13-15-26(16-14-25)38-39-31-17-18-32(28-10-4-3-9-27(28)31)40-41-33-19-20-34(30-12-6-5-11-29(30)33)42-43-35-21-22-36(47-35)44-23-7-8-24-44/h3-6,9-22H,2,7-8,23-24H2,1H3. The highest BCUT2D eigenvalue weighted by atomic mass is 32.1. The van der Waals surface area contributed by atoms with Gasteiger partial charge in [-0.3, -0.25) is 0 Å². The summed E-state index contributed by atoms with van der Waals surface area (Å²) in [6.07, 6.45) is 2.49. The summed E-state index contributed by atoms with van der Waals surface area (Å²) < 4.78 is 5.05. The van der Waals surface area contributed by atoms with Crippen LogP contribution in [0.1, 0.15) is 30.1 Å². The van der Waals surface area contributed by atoms with E-state index in [1.54, 1.807) is 42.5 Å². The Morgan fingerprint density at radius 1 is 0.617 bits per heavy atom. The van der Waals surface area contributed by atoms with E-state index >= 15 is 0 Å². The van der Waals surface area contributed by atoms with E-state index in [1.165, 1.54) is 17.8 Å². The number of carbonyl (C=O) groups is 1. The van der Waals surface area contributed by atoms with Gasteiger partial charge in [0.15, 0.2) is 0 Å². The fourth-order valence-corrected chi connectivity index (χ4v) is 6.44. The van der Waals surface area contributed by atoms with Crippen molar-refractivity contribution in [2.75, 3.05) is 24.6 Å². The molecule has 2 heterocycles. The zero-order valence-electron chi connectivity index (χ0n) is 25.8. The lowest BCUT2D eigenvalue weighted by atomic mass is 10.1. The van der Waals surface area contributed by atoms with Crippen molar-refractivity contribution in [2.45, 2.75) is 19.8 Å². The summed E-state index contributed by atoms with van der Waals surface area (Å²) in [4.78, 5) is 14.4. The van der Waals surface area contributed by atoms with E-state index in [4.69, 9.17) is 4.74 Å². The van der Waals surface area contributed by atoms with Crippen LogP contribution in [0.3, 0.4) is 0 Å². The SMILES string of the molecule is CCOC(=O)c1ccc(N=Nc2ccc(N=Nc3ccc(N=Nc4ccc(N5CCCC5)s4)c4ccccc34)c3ccccc23)cc1. The number of azo groups is 3. The predicted octanol–water partition coefficient (Wildman–Crippen LogP) is 12.1. The van der Waals surface area contributed by atoms with Gasteiger partial charge in [-0.1, -0.05) is 59.9 Å². The molecule has 0 spiro atoms. The van der Waals surface area contributed by atoms with Crippen LogP contribution in [0.2, 0.25) is 0 Å². The highest BCUT2D eigenvalue weighted by Crippen LogP contribution is 2.39. The summed E-state index contributed by atoms with van der Waals surface area (Å²) in [6, 6.07) is 34.6. The maximum absolute atomic E-state index is 11.9. The number of anilines is 1. The number of benzene rings is 5. The van der Waals surface area contributed by atoms with Gasteiger partial charge >= 0.3 is 5.97 Å². The van der Waals surface area contributed by atoms with Crippen LogP contribution < -0.4 is 4.90 Å². The van der Waals surface area contributed by atoms with Crippen LogP contribution in [0, 0.1) is 0 Å². The van der Waals surface area contributed by atoms with E-state index in [-0.39, 0.29) is 5.97 Å². The van der Waals surface area contributed by atoms with Gasteiger partial charge in [0.25, 0.3) is 0 Å². The van der Waals surface area contributed by atoms with Crippen molar-refractivity contribution in [3.8, 4) is 0 Å². The number of rotatable bonds is 9. The minimum absolute atomic E-state index is 0.328. The van der Waals surface area contributed by atoms with Crippen LogP contribution in [0.4, 0.5) is 38.4 Å². The quantitative estimate of drug-likeness (QED) is 0.116. The molecule has 0 bridgehead atoms. The molecule has 1 aliphatic heterocycles. The van der Waals surface area contributed by atoms with Gasteiger partial charge in [0, 0.05) is 34.6 Å². The zero-order chi connectivity index (χ0) is 32.0. The molecule has 47 heavy (non-hydrogen) atoms. The first-order valence-electron chi connectivity index (χ1n) is 15.6. The molecule has 232 valence electrons. The summed E-state index contributed by atoms with van der Waals surface area (Å²) in [5, 5.41) is 33.3. The fraction of sp³-hybridized carbons (Fsp3) is 0.162. The second kappa shape index (κ2) is 13.8. The number of ether oxygens (including phenoxy) is 1. The van der Waals surface area contributed by atoms with Gasteiger partial charge in [-0.25, -0.2) is 4.79 Å². The Hall–Kier alpha value is -5.61. The zero-order valence-corrected chi connectivity index (χ0v) is 26.6. The maximum atomic E-state index is 11.9. The van der Waals surface area contributed by atoms with Crippen LogP contribution in [-0.2, 0) is 4.74 Å². The molecule has 0 aliphatic carbocycles. The highest BCUT2D eigenvalue weighted by molar-refractivity contribution is 7.19. The lowest BCUT2D eigenvalue weighted by molar-refractivity contribution is 0.0526. The molecule has 6 aromatic rings. The molecule has 1 aliphatic rings. The third kappa shape index (κ3) is 6.68. The van der Waals surface area contributed by atoms with E-state index in [2.05, 4.69) is 41.7 Å². The van der Waals surface area contributed by atoms with Gasteiger partial charge < -0.3 is 9.64 Å². The van der Waals surface area contributed by atoms with Crippen molar-refractivity contribution >= 4 is 77.3 Å². The second-order valence-corrected chi connectivity index (χ2v) is 12.0. The topological polar surface area (TPSA) is 104 Å². The number of fused-ring (bicyclic) bond motifs is 2. The highest BCUT2D eigenvalue weighted by Gasteiger charge is 2.14. The first kappa shape index (κ1) is 30.1. The first-order valence-corrected chi connectivity index (χ1v) is 16.4. The number of thiophene rings is 1. The largest absolute Gasteiger partial charge is 0.462 e. The molecule has 7 rings (SSSR count). The number of esters is 1. The second-order valence-electron chi connectivity index (χ2n) is 11.0. The Bertz CT molecular complexity index is 2150. The minimum atomic E-state index is -0.360. The molecule has 0 saturated carbocycles. The first-order chi connectivity index (χ1) is 23.2. The Labute approximate surface area is 276 Å². The molecule has 0 amide bonds. The summed E-state index contributed by atoms with van der Waals surface area (Å²) in [5.41, 5.74) is 4.05. The molecule has 0 unspecified atom stereocenters. The van der Waals surface area contributed by atoms with Gasteiger partial charge in [-0.15, -0.1) is 25.6 Å². The normalized spacial score (nSPS) is 13.6. The van der Waals surface area contributed by atoms with Crippen molar-refractivity contribution in [3.63, 3.8) is 0 Å². The van der Waals surface area contributed by atoms with E-state index in [9.17, 15) is 4.79 Å². The molecule has 10 heteroatoms. The lowest BCUT2D eigenvalue weighted by Gasteiger charge is -2.13. The number of nitrogens with zero attached hydrogens (tertiary/aromatic N) is 7. The van der Waals surface area contributed by atoms with Crippen LogP contribution >= 0.6 is 11.3 Å². The van der Waals surface area contributed by atoms with E-state index in [1.807, 2.05) is 78.9 Å². The van der Waals surface area contributed by atoms with Gasteiger partial charge in [-0.2, -0.15) is 5.11 Å². The molecule has 9 nitrogen and oxygen atoms in total. The lowest BCUT2D eigenvalue weighted by Crippen LogP contribution is -2.15. The van der Waals surface area contributed by atoms with Crippen molar-refractivity contribution in [2.24, 2.45) is 30.7 Å². The van der Waals surface area contributed by atoms with E-state index in [0.29, 0.717) is 23.5 Å². The van der Waals surface area contributed by atoms with Crippen LogP contribution in [0.15, 0.2) is 140 Å². The van der Waals surface area contributed by atoms with Crippen molar-refractivity contribution in [1.82, 2.24) is 0 Å². The molecule has 0 atom stereocenters. The molecule has 1 aromatic heterocycles. The summed E-state index contributed by atoms with van der Waals surface area (Å²) in [6.45, 7) is 4.33. The number of hydrogen-bond acceptors (Lipinski definition) is 10. The Balaban J connectivity index is 1.13. The van der Waals surface area contributed by atoms with Gasteiger partial charge in [0.05, 0.1) is 45.6 Å². The Morgan fingerprint density at radius 3 is 1.62 bits per heavy atom. The molecule has 0 N–H and O–H groups in total. The van der Waals surface area contributed by atoms with Gasteiger partial charge in [0.1, 0.15) is 5.00 Å². The Morgan fingerprint density at radius 2 is 1.11 bits per heavy atom. The summed E-state index contributed by atoms with van der Waals surface area (Å²) in [7, 11) is 0. The Kier molecular flexibility index (Phi) is 8.83. The van der Waals surface area contributed by atoms with E-state index < -0.39 is 0 Å². The van der Waals surface area contributed by atoms with Crippen LogP contribution in [0.5, 0.6) is 0 Å². The smallest absolute Gasteiger partial charge is 0.338 e. The third-order valence-electron chi connectivity index (χ3n) is 7.92. The molecular weight excluding hydrogens is 607 g/mol. The van der Waals surface area contributed by atoms with Crippen LogP contribution in [-0.4, -0.2) is 25.7 Å². The van der Waals surface area contributed by atoms with E-state index in [0.717, 1.165) is 56.7 Å². The van der Waals surface area contributed by atoms with Crippen molar-refractivity contribution < 1.29 is 9.53 Å². The molecule has 5 aromatic carbocycles. The van der Waals surface area contributed by atoms with Crippen molar-refractivity contribution in [3.05, 3.63) is 115 Å². The summed E-state index contributed by atoms with van der Waals surface area (Å²) in [5.74, 6) is -0.360. The van der Waals surface area contributed by atoms with Gasteiger partial charge in [0.2, 0.25) is 0 Å². The number of carbonyl (C=O) groups excluding carboxylic acids is 1. The monoisotopic (exact) mass is 637 g/mol. The summed E-state index contributed by atoms with van der Waals surface area (Å²) >= 11 is 1.67. The predicted molar refractivity (Wildman–Crippen MR) is 189 cm³/mol. The minimum Gasteiger partial charge on any atom is -0.462 e. The third-order valence-corrected chi connectivity index (χ3v) is 8.96. The number of hydrogen-bond donors (Lipinski definition) is 0. The van der Waals surface area contributed by atoms with Crippen LogP contribution in [0.25, 0.3) is 21.5 Å². The van der Waals surface area contributed by atoms with Gasteiger partial charge in [-0.05, 0) is 80.4 Å². The maximum Gasteiger partial charge on any atom is 0.338 e. The fourth-order valence-electron chi connectivity index (χ4n) is 5.56. The molecule has 1 fully saturated rings. The average molecular weight is 638 g/mol. The molecule has 0 radical (unpaired) electrons.